The van der Waals surface area contributed by atoms with Gasteiger partial charge in [-0.3, -0.25) is 4.90 Å². The number of carbonyl (C=O) groups excluding carboxylic acids is 1. The molecule has 0 bridgehead atoms. The Morgan fingerprint density at radius 2 is 1.95 bits per heavy atom. The molecule has 1 saturated carbocycles. The van der Waals surface area contributed by atoms with Gasteiger partial charge in [0.1, 0.15) is 0 Å². The summed E-state index contributed by atoms with van der Waals surface area (Å²) in [6.45, 7) is 7.49. The van der Waals surface area contributed by atoms with Crippen molar-refractivity contribution in [2.45, 2.75) is 38.6 Å². The average molecular weight is 283 g/mol. The lowest BCUT2D eigenvalue weighted by Crippen LogP contribution is -2.46. The topological polar surface area (TPSA) is 44.8 Å². The lowest BCUT2D eigenvalue weighted by Gasteiger charge is -2.30. The molecule has 0 spiro atoms. The Morgan fingerprint density at radius 3 is 2.55 bits per heavy atom. The highest BCUT2D eigenvalue weighted by Gasteiger charge is 2.28. The molecule has 5 nitrogen and oxygen atoms in total. The zero-order valence-corrected chi connectivity index (χ0v) is 12.9. The van der Waals surface area contributed by atoms with E-state index in [0.717, 1.165) is 64.1 Å². The van der Waals surface area contributed by atoms with Crippen molar-refractivity contribution in [3.63, 3.8) is 0 Å². The molecule has 1 heterocycles. The van der Waals surface area contributed by atoms with Crippen molar-refractivity contribution >= 4 is 6.03 Å². The minimum absolute atomic E-state index is 0.111. The number of likely N-dealkylation sites (tertiary alicyclic amines) is 1. The number of carbonyl (C=O) groups is 1. The first kappa shape index (κ1) is 15.6. The molecule has 0 radical (unpaired) electrons. The maximum Gasteiger partial charge on any atom is 0.317 e. The normalized spacial score (nSPS) is 20.4. The summed E-state index contributed by atoms with van der Waals surface area (Å²) in [5, 5.41) is 3.06. The number of rotatable bonds is 7. The molecule has 2 rings (SSSR count). The van der Waals surface area contributed by atoms with Crippen LogP contribution in [-0.4, -0.2) is 68.3 Å². The van der Waals surface area contributed by atoms with Gasteiger partial charge in [-0.25, -0.2) is 4.79 Å². The number of nitrogens with one attached hydrogen (secondary N) is 1. The molecule has 0 aromatic carbocycles. The number of amides is 2. The number of methoxy groups -OCH3 is 1. The van der Waals surface area contributed by atoms with E-state index in [1.165, 1.54) is 12.8 Å². The van der Waals surface area contributed by atoms with Crippen LogP contribution in [-0.2, 0) is 4.74 Å². The highest BCUT2D eigenvalue weighted by atomic mass is 16.5. The fourth-order valence-corrected chi connectivity index (χ4v) is 2.76. The molecule has 0 unspecified atom stereocenters. The van der Waals surface area contributed by atoms with Crippen LogP contribution in [0.3, 0.4) is 0 Å². The van der Waals surface area contributed by atoms with E-state index in [4.69, 9.17) is 4.74 Å². The third-order valence-corrected chi connectivity index (χ3v) is 4.39. The fraction of sp³-hybridized carbons (Fsp3) is 0.933. The molecule has 1 aliphatic heterocycles. The van der Waals surface area contributed by atoms with Crippen LogP contribution in [0.15, 0.2) is 0 Å². The Labute approximate surface area is 122 Å². The predicted octanol–water partition coefficient (Wildman–Crippen LogP) is 1.54. The van der Waals surface area contributed by atoms with Gasteiger partial charge in [0.05, 0.1) is 6.61 Å². The van der Waals surface area contributed by atoms with Crippen molar-refractivity contribution in [1.29, 1.82) is 0 Å². The van der Waals surface area contributed by atoms with Crippen LogP contribution in [0.25, 0.3) is 0 Å². The molecule has 116 valence electrons. The third kappa shape index (κ3) is 4.94. The number of nitrogens with zero attached hydrogens (tertiary/aromatic N) is 2. The quantitative estimate of drug-likeness (QED) is 0.771. The van der Waals surface area contributed by atoms with Crippen LogP contribution < -0.4 is 5.32 Å². The molecule has 1 aliphatic carbocycles. The minimum atomic E-state index is 0.111. The molecule has 2 amide bonds. The lowest BCUT2D eigenvalue weighted by atomic mass is 10.00. The third-order valence-electron chi connectivity index (χ3n) is 4.39. The Balaban J connectivity index is 1.62. The van der Waals surface area contributed by atoms with Gasteiger partial charge < -0.3 is 15.0 Å². The molecule has 2 fully saturated rings. The molecule has 0 aromatic heterocycles. The summed E-state index contributed by atoms with van der Waals surface area (Å²) in [6.07, 6.45) is 4.86. The number of piperidine rings is 1. The van der Waals surface area contributed by atoms with Crippen molar-refractivity contribution < 1.29 is 9.53 Å². The van der Waals surface area contributed by atoms with Gasteiger partial charge in [0.25, 0.3) is 0 Å². The molecule has 1 saturated heterocycles. The SMILES string of the molecule is COCCN(CCNC(=O)N1CCC(C)CC1)C1CC1. The summed E-state index contributed by atoms with van der Waals surface area (Å²) in [6, 6.07) is 0.831. The van der Waals surface area contributed by atoms with Crippen molar-refractivity contribution in [3.05, 3.63) is 0 Å². The average Bonchev–Trinajstić information content (AvgIpc) is 3.27. The smallest absolute Gasteiger partial charge is 0.317 e. The first-order valence-electron chi connectivity index (χ1n) is 7.96. The molecular weight excluding hydrogens is 254 g/mol. The van der Waals surface area contributed by atoms with Crippen LogP contribution >= 0.6 is 0 Å². The maximum absolute atomic E-state index is 12.1. The second-order valence-corrected chi connectivity index (χ2v) is 6.16. The Morgan fingerprint density at radius 1 is 1.25 bits per heavy atom. The van der Waals surface area contributed by atoms with E-state index in [9.17, 15) is 4.79 Å². The molecule has 2 aliphatic rings. The number of hydrogen-bond acceptors (Lipinski definition) is 3. The van der Waals surface area contributed by atoms with Gasteiger partial charge in [-0.05, 0) is 31.6 Å². The Bertz CT molecular complexity index is 299. The van der Waals surface area contributed by atoms with Crippen LogP contribution in [0.4, 0.5) is 4.79 Å². The summed E-state index contributed by atoms with van der Waals surface area (Å²) >= 11 is 0. The van der Waals surface area contributed by atoms with Gasteiger partial charge in [0.2, 0.25) is 0 Å². The van der Waals surface area contributed by atoms with Crippen LogP contribution in [0.2, 0.25) is 0 Å². The number of urea groups is 1. The second kappa shape index (κ2) is 7.84. The van der Waals surface area contributed by atoms with Gasteiger partial charge in [-0.1, -0.05) is 6.92 Å². The molecule has 0 atom stereocenters. The standard InChI is InChI=1S/C15H29N3O2/c1-13-5-8-18(9-6-13)15(19)16-7-10-17(11-12-20-2)14-3-4-14/h13-14H,3-12H2,1-2H3,(H,16,19). The largest absolute Gasteiger partial charge is 0.383 e. The number of ether oxygens (including phenoxy) is 1. The monoisotopic (exact) mass is 283 g/mol. The van der Waals surface area contributed by atoms with E-state index in [2.05, 4.69) is 17.1 Å². The Hall–Kier alpha value is -0.810. The highest BCUT2D eigenvalue weighted by Crippen LogP contribution is 2.26. The van der Waals surface area contributed by atoms with Crippen molar-refractivity contribution in [2.75, 3.05) is 46.4 Å². The van der Waals surface area contributed by atoms with Crippen LogP contribution in [0.1, 0.15) is 32.6 Å². The van der Waals surface area contributed by atoms with Gasteiger partial charge in [-0.15, -0.1) is 0 Å². The van der Waals surface area contributed by atoms with E-state index >= 15 is 0 Å². The maximum atomic E-state index is 12.1. The van der Waals surface area contributed by atoms with E-state index in [1.807, 2.05) is 4.90 Å². The van der Waals surface area contributed by atoms with Gasteiger partial charge >= 0.3 is 6.03 Å². The predicted molar refractivity (Wildman–Crippen MR) is 79.8 cm³/mol. The van der Waals surface area contributed by atoms with E-state index in [-0.39, 0.29) is 6.03 Å². The summed E-state index contributed by atoms with van der Waals surface area (Å²) in [7, 11) is 1.74. The van der Waals surface area contributed by atoms with E-state index in [1.54, 1.807) is 7.11 Å². The van der Waals surface area contributed by atoms with Gasteiger partial charge in [0.15, 0.2) is 0 Å². The van der Waals surface area contributed by atoms with Crippen molar-refractivity contribution in [2.24, 2.45) is 5.92 Å². The van der Waals surface area contributed by atoms with E-state index < -0.39 is 0 Å². The summed E-state index contributed by atoms with van der Waals surface area (Å²) in [4.78, 5) is 16.4. The minimum Gasteiger partial charge on any atom is -0.383 e. The molecule has 1 N–H and O–H groups in total. The van der Waals surface area contributed by atoms with Crippen LogP contribution in [0, 0.1) is 5.92 Å². The Kier molecular flexibility index (Phi) is 6.10. The lowest BCUT2D eigenvalue weighted by molar-refractivity contribution is 0.142. The van der Waals surface area contributed by atoms with Crippen molar-refractivity contribution in [3.8, 4) is 0 Å². The van der Waals surface area contributed by atoms with Gasteiger partial charge in [0, 0.05) is 45.9 Å². The first-order valence-corrected chi connectivity index (χ1v) is 7.96. The summed E-state index contributed by atoms with van der Waals surface area (Å²) in [5.41, 5.74) is 0. The number of hydrogen-bond donors (Lipinski definition) is 1. The van der Waals surface area contributed by atoms with Gasteiger partial charge in [-0.2, -0.15) is 0 Å². The highest BCUT2D eigenvalue weighted by molar-refractivity contribution is 5.74. The molecule has 5 heteroatoms. The van der Waals surface area contributed by atoms with E-state index in [0.29, 0.717) is 0 Å². The fourth-order valence-electron chi connectivity index (χ4n) is 2.76. The second-order valence-electron chi connectivity index (χ2n) is 6.16. The molecule has 0 aromatic rings. The zero-order chi connectivity index (χ0) is 14.4. The van der Waals surface area contributed by atoms with Crippen LogP contribution in [0.5, 0.6) is 0 Å². The summed E-state index contributed by atoms with van der Waals surface area (Å²) in [5.74, 6) is 0.762. The first-order chi connectivity index (χ1) is 9.70. The molecular formula is C15H29N3O2. The zero-order valence-electron chi connectivity index (χ0n) is 12.9. The summed E-state index contributed by atoms with van der Waals surface area (Å²) < 4.78 is 5.15. The molecule has 20 heavy (non-hydrogen) atoms. The van der Waals surface area contributed by atoms with Crippen molar-refractivity contribution in [1.82, 2.24) is 15.1 Å².